The second-order valence-corrected chi connectivity index (χ2v) is 5.76. The topological polar surface area (TPSA) is 18.5 Å². The summed E-state index contributed by atoms with van der Waals surface area (Å²) >= 11 is 0. The van der Waals surface area contributed by atoms with E-state index in [1.807, 2.05) is 0 Å². The number of hydrogen-bond donors (Lipinski definition) is 0. The maximum absolute atomic E-state index is 5.90. The third kappa shape index (κ3) is 1.72. The van der Waals surface area contributed by atoms with Crippen molar-refractivity contribution < 1.29 is 9.47 Å². The lowest BCUT2D eigenvalue weighted by Gasteiger charge is -2.42. The van der Waals surface area contributed by atoms with E-state index in [9.17, 15) is 0 Å². The normalized spacial score (nSPS) is 40.2. The van der Waals surface area contributed by atoms with Crippen LogP contribution in [0.2, 0.25) is 0 Å². The van der Waals surface area contributed by atoms with Crippen molar-refractivity contribution in [1.29, 1.82) is 0 Å². The lowest BCUT2D eigenvalue weighted by molar-refractivity contribution is -0.201. The highest BCUT2D eigenvalue weighted by molar-refractivity contribution is 5.13. The predicted octanol–water partition coefficient (Wildman–Crippen LogP) is 3.42. The van der Waals surface area contributed by atoms with Crippen LogP contribution >= 0.6 is 0 Å². The Bertz CT molecular complexity index is 302. The second kappa shape index (κ2) is 3.85. The van der Waals surface area contributed by atoms with E-state index < -0.39 is 0 Å². The Morgan fingerprint density at radius 3 is 2.62 bits per heavy atom. The third-order valence-corrected chi connectivity index (χ3v) is 4.71. The van der Waals surface area contributed by atoms with Gasteiger partial charge in [-0.25, -0.2) is 0 Å². The second-order valence-electron chi connectivity index (χ2n) is 5.76. The first-order valence-electron chi connectivity index (χ1n) is 6.68. The summed E-state index contributed by atoms with van der Waals surface area (Å²) < 4.78 is 11.8. The standard InChI is InChI=1S/C14H22O2/c1-2-12-4-7-13(10-12)5-3-6-14(11-13)15-8-9-16-14/h2H,3-11H2,1H3/b12-2+/t13-/m0/s1. The number of rotatable bonds is 0. The van der Waals surface area contributed by atoms with Crippen LogP contribution in [0, 0.1) is 5.41 Å². The van der Waals surface area contributed by atoms with Crippen molar-refractivity contribution in [2.75, 3.05) is 13.2 Å². The zero-order valence-corrected chi connectivity index (χ0v) is 10.3. The van der Waals surface area contributed by atoms with Gasteiger partial charge >= 0.3 is 0 Å². The van der Waals surface area contributed by atoms with Crippen LogP contribution in [0.3, 0.4) is 0 Å². The molecule has 2 aliphatic carbocycles. The van der Waals surface area contributed by atoms with Gasteiger partial charge in [0.25, 0.3) is 0 Å². The molecule has 0 unspecified atom stereocenters. The minimum Gasteiger partial charge on any atom is -0.348 e. The molecule has 2 nitrogen and oxygen atoms in total. The highest BCUT2D eigenvalue weighted by Gasteiger charge is 2.49. The minimum absolute atomic E-state index is 0.193. The quantitative estimate of drug-likeness (QED) is 0.585. The highest BCUT2D eigenvalue weighted by atomic mass is 16.7. The summed E-state index contributed by atoms with van der Waals surface area (Å²) in [5, 5.41) is 0. The first-order chi connectivity index (χ1) is 7.76. The molecule has 0 radical (unpaired) electrons. The Labute approximate surface area is 98.0 Å². The van der Waals surface area contributed by atoms with Gasteiger partial charge in [-0.2, -0.15) is 0 Å². The van der Waals surface area contributed by atoms with Gasteiger partial charge in [0.05, 0.1) is 13.2 Å². The van der Waals surface area contributed by atoms with Crippen LogP contribution in [0.25, 0.3) is 0 Å². The molecule has 3 aliphatic rings. The van der Waals surface area contributed by atoms with Crippen molar-refractivity contribution in [2.24, 2.45) is 5.41 Å². The maximum atomic E-state index is 5.90. The molecule has 1 aliphatic heterocycles. The lowest BCUT2D eigenvalue weighted by Crippen LogP contribution is -2.41. The molecule has 3 rings (SSSR count). The fraction of sp³-hybridized carbons (Fsp3) is 0.857. The van der Waals surface area contributed by atoms with Crippen molar-refractivity contribution in [3.63, 3.8) is 0 Å². The number of allylic oxidation sites excluding steroid dienone is 2. The molecule has 0 aromatic rings. The van der Waals surface area contributed by atoms with Gasteiger partial charge < -0.3 is 9.47 Å². The van der Waals surface area contributed by atoms with Gasteiger partial charge in [0.15, 0.2) is 5.79 Å². The van der Waals surface area contributed by atoms with Crippen molar-refractivity contribution in [1.82, 2.24) is 0 Å². The molecule has 2 spiro atoms. The van der Waals surface area contributed by atoms with Crippen molar-refractivity contribution in [2.45, 2.75) is 57.7 Å². The number of hydrogen-bond acceptors (Lipinski definition) is 2. The third-order valence-electron chi connectivity index (χ3n) is 4.71. The van der Waals surface area contributed by atoms with Gasteiger partial charge in [-0.1, -0.05) is 11.6 Å². The molecule has 2 heteroatoms. The Morgan fingerprint density at radius 1 is 1.12 bits per heavy atom. The molecule has 2 saturated carbocycles. The predicted molar refractivity (Wildman–Crippen MR) is 63.1 cm³/mol. The van der Waals surface area contributed by atoms with Crippen LogP contribution in [-0.4, -0.2) is 19.0 Å². The van der Waals surface area contributed by atoms with Crippen molar-refractivity contribution in [3.05, 3.63) is 11.6 Å². The average molecular weight is 222 g/mol. The summed E-state index contributed by atoms with van der Waals surface area (Å²) in [6.45, 7) is 3.77. The highest BCUT2D eigenvalue weighted by Crippen LogP contribution is 2.55. The maximum Gasteiger partial charge on any atom is 0.169 e. The molecule has 0 aromatic heterocycles. The van der Waals surface area contributed by atoms with E-state index in [1.165, 1.54) is 32.1 Å². The first-order valence-corrected chi connectivity index (χ1v) is 6.68. The molecule has 0 N–H and O–H groups in total. The summed E-state index contributed by atoms with van der Waals surface area (Å²) in [5.41, 5.74) is 2.15. The van der Waals surface area contributed by atoms with E-state index >= 15 is 0 Å². The number of ether oxygens (including phenoxy) is 2. The Morgan fingerprint density at radius 2 is 1.94 bits per heavy atom. The van der Waals surface area contributed by atoms with Gasteiger partial charge in [0.1, 0.15) is 0 Å². The fourth-order valence-corrected chi connectivity index (χ4v) is 3.92. The van der Waals surface area contributed by atoms with Crippen LogP contribution in [0.15, 0.2) is 11.6 Å². The van der Waals surface area contributed by atoms with Gasteiger partial charge in [0, 0.05) is 12.8 Å². The van der Waals surface area contributed by atoms with Gasteiger partial charge in [-0.15, -0.1) is 0 Å². The molecule has 16 heavy (non-hydrogen) atoms. The van der Waals surface area contributed by atoms with E-state index in [4.69, 9.17) is 9.47 Å². The average Bonchev–Trinajstić information content (AvgIpc) is 2.87. The van der Waals surface area contributed by atoms with Crippen molar-refractivity contribution >= 4 is 0 Å². The van der Waals surface area contributed by atoms with Gasteiger partial charge in [-0.3, -0.25) is 0 Å². The zero-order chi connectivity index (χ0) is 11.1. The van der Waals surface area contributed by atoms with Crippen LogP contribution in [0.4, 0.5) is 0 Å². The van der Waals surface area contributed by atoms with Gasteiger partial charge in [0.2, 0.25) is 0 Å². The Balaban J connectivity index is 1.77. The molecule has 1 heterocycles. The van der Waals surface area contributed by atoms with E-state index in [2.05, 4.69) is 13.0 Å². The smallest absolute Gasteiger partial charge is 0.169 e. The van der Waals surface area contributed by atoms with Crippen LogP contribution < -0.4 is 0 Å². The summed E-state index contributed by atoms with van der Waals surface area (Å²) in [5.74, 6) is -0.193. The fourth-order valence-electron chi connectivity index (χ4n) is 3.92. The minimum atomic E-state index is -0.193. The molecule has 0 aromatic carbocycles. The van der Waals surface area contributed by atoms with Crippen molar-refractivity contribution in [3.8, 4) is 0 Å². The molecular formula is C14H22O2. The largest absolute Gasteiger partial charge is 0.348 e. The van der Waals surface area contributed by atoms with E-state index in [1.54, 1.807) is 5.57 Å². The molecular weight excluding hydrogens is 200 g/mol. The first kappa shape index (κ1) is 10.8. The van der Waals surface area contributed by atoms with E-state index in [0.29, 0.717) is 5.41 Å². The summed E-state index contributed by atoms with van der Waals surface area (Å²) in [7, 11) is 0. The van der Waals surface area contributed by atoms with E-state index in [0.717, 1.165) is 26.1 Å². The molecule has 0 amide bonds. The Kier molecular flexibility index (Phi) is 2.60. The van der Waals surface area contributed by atoms with Gasteiger partial charge in [-0.05, 0) is 44.4 Å². The Hall–Kier alpha value is -0.340. The van der Waals surface area contributed by atoms with Crippen LogP contribution in [0.5, 0.6) is 0 Å². The molecule has 90 valence electrons. The summed E-state index contributed by atoms with van der Waals surface area (Å²) in [6.07, 6.45) is 11.1. The van der Waals surface area contributed by atoms with Crippen LogP contribution in [-0.2, 0) is 9.47 Å². The summed E-state index contributed by atoms with van der Waals surface area (Å²) in [6, 6.07) is 0. The summed E-state index contributed by atoms with van der Waals surface area (Å²) in [4.78, 5) is 0. The molecule has 3 fully saturated rings. The lowest BCUT2D eigenvalue weighted by atomic mass is 9.70. The molecule has 1 saturated heterocycles. The molecule has 1 atom stereocenters. The van der Waals surface area contributed by atoms with E-state index in [-0.39, 0.29) is 5.79 Å². The van der Waals surface area contributed by atoms with Crippen LogP contribution in [0.1, 0.15) is 51.9 Å². The SMILES string of the molecule is C/C=C1\CC[C@@]2(CCCC3(C2)OCCO3)C1. The zero-order valence-electron chi connectivity index (χ0n) is 10.3. The monoisotopic (exact) mass is 222 g/mol. The molecule has 0 bridgehead atoms.